The van der Waals surface area contributed by atoms with E-state index in [0.717, 1.165) is 17.8 Å². The Morgan fingerprint density at radius 3 is 2.44 bits per heavy atom. The molecule has 0 saturated heterocycles. The van der Waals surface area contributed by atoms with Crippen molar-refractivity contribution in [3.8, 4) is 0 Å². The molecule has 0 amide bonds. The molecule has 16 heavy (non-hydrogen) atoms. The van der Waals surface area contributed by atoms with Gasteiger partial charge in [0.25, 0.3) is 0 Å². The molecular formula is C14H21NS. The van der Waals surface area contributed by atoms with Crippen LogP contribution in [0.4, 0.5) is 0 Å². The van der Waals surface area contributed by atoms with Crippen LogP contribution < -0.4 is 5.32 Å². The molecule has 1 aromatic carbocycles. The molecule has 0 unspecified atom stereocenters. The third-order valence-electron chi connectivity index (χ3n) is 3.45. The Bertz CT molecular complexity index is 291. The summed E-state index contributed by atoms with van der Waals surface area (Å²) in [6.07, 6.45) is 7.69. The van der Waals surface area contributed by atoms with Crippen molar-refractivity contribution in [1.29, 1.82) is 0 Å². The molecule has 88 valence electrons. The molecule has 1 N–H and O–H groups in total. The number of benzene rings is 1. The van der Waals surface area contributed by atoms with Crippen LogP contribution in [0.25, 0.3) is 0 Å². The monoisotopic (exact) mass is 235 g/mol. The van der Waals surface area contributed by atoms with E-state index >= 15 is 0 Å². The number of thioether (sulfide) groups is 1. The van der Waals surface area contributed by atoms with Crippen LogP contribution in [0.5, 0.6) is 0 Å². The van der Waals surface area contributed by atoms with Gasteiger partial charge in [-0.25, -0.2) is 0 Å². The van der Waals surface area contributed by atoms with Gasteiger partial charge in [0.15, 0.2) is 0 Å². The van der Waals surface area contributed by atoms with Gasteiger partial charge in [0.05, 0.1) is 0 Å². The maximum atomic E-state index is 3.67. The van der Waals surface area contributed by atoms with Gasteiger partial charge < -0.3 is 5.32 Å². The fourth-order valence-electron chi connectivity index (χ4n) is 2.36. The predicted molar refractivity (Wildman–Crippen MR) is 72.8 cm³/mol. The van der Waals surface area contributed by atoms with E-state index in [2.05, 4.69) is 41.9 Å². The highest BCUT2D eigenvalue weighted by Gasteiger charge is 2.19. The van der Waals surface area contributed by atoms with E-state index in [1.165, 1.54) is 31.2 Å². The zero-order chi connectivity index (χ0) is 11.2. The summed E-state index contributed by atoms with van der Waals surface area (Å²) in [5.41, 5.74) is 1.40. The zero-order valence-corrected chi connectivity index (χ0v) is 10.8. The molecule has 1 aromatic rings. The minimum Gasteiger partial charge on any atom is -0.310 e. The first-order valence-electron chi connectivity index (χ1n) is 6.18. The van der Waals surface area contributed by atoms with Crippen molar-refractivity contribution in [2.75, 3.05) is 6.26 Å². The van der Waals surface area contributed by atoms with Gasteiger partial charge in [-0.3, -0.25) is 0 Å². The number of hydrogen-bond donors (Lipinski definition) is 1. The van der Waals surface area contributed by atoms with Crippen LogP contribution >= 0.6 is 11.8 Å². The van der Waals surface area contributed by atoms with Crippen LogP contribution in [-0.2, 0) is 6.54 Å². The van der Waals surface area contributed by atoms with Crippen LogP contribution in [0.2, 0.25) is 0 Å². The van der Waals surface area contributed by atoms with E-state index in [1.807, 2.05) is 11.8 Å². The molecule has 0 radical (unpaired) electrons. The fourth-order valence-corrected chi connectivity index (χ4v) is 3.10. The highest BCUT2D eigenvalue weighted by atomic mass is 32.2. The van der Waals surface area contributed by atoms with Gasteiger partial charge >= 0.3 is 0 Å². The number of hydrogen-bond acceptors (Lipinski definition) is 2. The van der Waals surface area contributed by atoms with Gasteiger partial charge in [0.1, 0.15) is 0 Å². The van der Waals surface area contributed by atoms with Gasteiger partial charge in [-0.15, -0.1) is 0 Å². The molecule has 0 aliphatic heterocycles. The minimum absolute atomic E-state index is 0.739. The molecule has 0 aromatic heterocycles. The largest absolute Gasteiger partial charge is 0.310 e. The summed E-state index contributed by atoms with van der Waals surface area (Å²) in [5.74, 6) is 0. The Labute approximate surface area is 103 Å². The zero-order valence-electron chi connectivity index (χ0n) is 9.99. The van der Waals surface area contributed by atoms with Crippen LogP contribution in [0.15, 0.2) is 30.3 Å². The third kappa shape index (κ3) is 3.53. The second kappa shape index (κ2) is 6.31. The summed E-state index contributed by atoms with van der Waals surface area (Å²) >= 11 is 2.03. The number of nitrogens with one attached hydrogen (secondary N) is 1. The lowest BCUT2D eigenvalue weighted by Gasteiger charge is -2.28. The first kappa shape index (κ1) is 12.0. The SMILES string of the molecule is CSC1CCC(NCc2ccccc2)CC1. The van der Waals surface area contributed by atoms with Crippen LogP contribution in [-0.4, -0.2) is 17.5 Å². The highest BCUT2D eigenvalue weighted by molar-refractivity contribution is 7.99. The Kier molecular flexibility index (Phi) is 4.73. The lowest BCUT2D eigenvalue weighted by molar-refractivity contribution is 0.379. The van der Waals surface area contributed by atoms with E-state index in [0.29, 0.717) is 0 Å². The molecule has 1 saturated carbocycles. The summed E-state index contributed by atoms with van der Waals surface area (Å²) in [7, 11) is 0. The molecule has 0 heterocycles. The summed E-state index contributed by atoms with van der Waals surface area (Å²) in [6, 6.07) is 11.4. The van der Waals surface area contributed by atoms with E-state index < -0.39 is 0 Å². The molecule has 1 fully saturated rings. The smallest absolute Gasteiger partial charge is 0.0208 e. The topological polar surface area (TPSA) is 12.0 Å². The van der Waals surface area contributed by atoms with Crippen molar-refractivity contribution in [2.24, 2.45) is 0 Å². The van der Waals surface area contributed by atoms with Gasteiger partial charge in [0.2, 0.25) is 0 Å². The maximum Gasteiger partial charge on any atom is 0.0208 e. The molecule has 2 heteroatoms. The Hall–Kier alpha value is -0.470. The lowest BCUT2D eigenvalue weighted by Crippen LogP contribution is -2.33. The molecule has 1 aliphatic carbocycles. The quantitative estimate of drug-likeness (QED) is 0.858. The maximum absolute atomic E-state index is 3.67. The van der Waals surface area contributed by atoms with Gasteiger partial charge in [-0.05, 0) is 37.5 Å². The summed E-state index contributed by atoms with van der Waals surface area (Å²) in [5, 5.41) is 4.59. The highest BCUT2D eigenvalue weighted by Crippen LogP contribution is 2.26. The van der Waals surface area contributed by atoms with Gasteiger partial charge in [0, 0.05) is 17.8 Å². The molecule has 0 spiro atoms. The second-order valence-corrected chi connectivity index (χ2v) is 5.71. The van der Waals surface area contributed by atoms with E-state index in [9.17, 15) is 0 Å². The number of rotatable bonds is 4. The average Bonchev–Trinajstić information content (AvgIpc) is 2.38. The first-order valence-corrected chi connectivity index (χ1v) is 7.47. The van der Waals surface area contributed by atoms with E-state index in [1.54, 1.807) is 0 Å². The van der Waals surface area contributed by atoms with Gasteiger partial charge in [-0.1, -0.05) is 30.3 Å². The minimum atomic E-state index is 0.739. The van der Waals surface area contributed by atoms with E-state index in [4.69, 9.17) is 0 Å². The molecular weight excluding hydrogens is 214 g/mol. The predicted octanol–water partition coefficient (Wildman–Crippen LogP) is 3.45. The fraction of sp³-hybridized carbons (Fsp3) is 0.571. The molecule has 1 aliphatic rings. The van der Waals surface area contributed by atoms with E-state index in [-0.39, 0.29) is 0 Å². The average molecular weight is 235 g/mol. The Morgan fingerprint density at radius 1 is 1.12 bits per heavy atom. The molecule has 0 bridgehead atoms. The summed E-state index contributed by atoms with van der Waals surface area (Å²) in [4.78, 5) is 0. The van der Waals surface area contributed by atoms with Crippen LogP contribution in [0.3, 0.4) is 0 Å². The van der Waals surface area contributed by atoms with Crippen molar-refractivity contribution < 1.29 is 0 Å². The van der Waals surface area contributed by atoms with Crippen LogP contribution in [0, 0.1) is 0 Å². The van der Waals surface area contributed by atoms with Crippen LogP contribution in [0.1, 0.15) is 31.2 Å². The third-order valence-corrected chi connectivity index (χ3v) is 4.58. The van der Waals surface area contributed by atoms with Crippen molar-refractivity contribution in [1.82, 2.24) is 5.32 Å². The van der Waals surface area contributed by atoms with Gasteiger partial charge in [-0.2, -0.15) is 11.8 Å². The molecule has 1 nitrogen and oxygen atoms in total. The lowest BCUT2D eigenvalue weighted by atomic mass is 9.95. The van der Waals surface area contributed by atoms with Crippen molar-refractivity contribution in [3.63, 3.8) is 0 Å². The second-order valence-electron chi connectivity index (χ2n) is 4.58. The first-order chi connectivity index (χ1) is 7.88. The molecule has 2 rings (SSSR count). The van der Waals surface area contributed by atoms with Crippen molar-refractivity contribution in [3.05, 3.63) is 35.9 Å². The Balaban J connectivity index is 1.72. The summed E-state index contributed by atoms with van der Waals surface area (Å²) < 4.78 is 0. The summed E-state index contributed by atoms with van der Waals surface area (Å²) in [6.45, 7) is 1.02. The molecule has 0 atom stereocenters. The van der Waals surface area contributed by atoms with Crippen molar-refractivity contribution in [2.45, 2.75) is 43.5 Å². The normalized spacial score (nSPS) is 25.6. The van der Waals surface area contributed by atoms with Crippen molar-refractivity contribution >= 4 is 11.8 Å². The standard InChI is InChI=1S/C14H21NS/c1-16-14-9-7-13(8-10-14)15-11-12-5-3-2-4-6-12/h2-6,13-15H,7-11H2,1H3. The Morgan fingerprint density at radius 2 is 1.81 bits per heavy atom.